The maximum Gasteiger partial charge on any atom is 0.296 e. The fraction of sp³-hybridized carbons (Fsp3) is 0.556. The molecule has 39 heavy (non-hydrogen) atoms. The van der Waals surface area contributed by atoms with Crippen LogP contribution in [-0.4, -0.2) is 77.5 Å². The molecule has 1 aliphatic carbocycles. The molecular formula is C27H30ClFN4O6. The lowest BCUT2D eigenvalue weighted by molar-refractivity contribution is -0.0721. The minimum atomic E-state index is -0.562. The zero-order chi connectivity index (χ0) is 26.5. The second-order valence-electron chi connectivity index (χ2n) is 10.6. The topological polar surface area (TPSA) is 120 Å². The molecule has 12 heteroatoms. The number of aliphatic hydroxyl groups excluding tert-OH is 1. The van der Waals surface area contributed by atoms with Crippen LogP contribution in [0, 0.1) is 11.7 Å². The van der Waals surface area contributed by atoms with Crippen LogP contribution in [0.5, 0.6) is 11.8 Å². The van der Waals surface area contributed by atoms with E-state index in [0.717, 1.165) is 25.0 Å². The number of hydrogen-bond donors (Lipinski definition) is 3. The molecule has 4 aliphatic rings. The lowest BCUT2D eigenvalue weighted by atomic mass is 9.98. The number of nitrogens with one attached hydrogen (secondary N) is 2. The van der Waals surface area contributed by atoms with Gasteiger partial charge in [-0.3, -0.25) is 0 Å². The van der Waals surface area contributed by atoms with E-state index in [1.807, 2.05) is 6.07 Å². The molecule has 0 amide bonds. The monoisotopic (exact) mass is 560 g/mol. The van der Waals surface area contributed by atoms with Gasteiger partial charge >= 0.3 is 0 Å². The van der Waals surface area contributed by atoms with Gasteiger partial charge in [-0.15, -0.1) is 0 Å². The Morgan fingerprint density at radius 1 is 1.10 bits per heavy atom. The molecule has 1 aromatic carbocycles. The number of pyridine rings is 1. The molecule has 0 bridgehead atoms. The van der Waals surface area contributed by atoms with Gasteiger partial charge in [0.05, 0.1) is 48.6 Å². The number of aromatic nitrogens is 3. The fourth-order valence-corrected chi connectivity index (χ4v) is 6.07. The summed E-state index contributed by atoms with van der Waals surface area (Å²) in [7, 11) is 0. The summed E-state index contributed by atoms with van der Waals surface area (Å²) in [5.74, 6) is 0.816. The summed E-state index contributed by atoms with van der Waals surface area (Å²) in [5, 5.41) is 13.6. The quantitative estimate of drug-likeness (QED) is 0.361. The molecule has 0 saturated carbocycles. The minimum absolute atomic E-state index is 0.0954. The van der Waals surface area contributed by atoms with Crippen molar-refractivity contribution in [3.8, 4) is 11.8 Å². The number of hydrogen-bond acceptors (Lipinski definition) is 9. The molecule has 7 rings (SSSR count). The third-order valence-electron chi connectivity index (χ3n) is 8.04. The van der Waals surface area contributed by atoms with Crippen molar-refractivity contribution in [2.24, 2.45) is 5.92 Å². The predicted octanol–water partition coefficient (Wildman–Crippen LogP) is 3.56. The number of anilines is 1. The van der Waals surface area contributed by atoms with Gasteiger partial charge in [-0.05, 0) is 37.0 Å². The van der Waals surface area contributed by atoms with Crippen LogP contribution in [0.4, 0.5) is 10.2 Å². The van der Waals surface area contributed by atoms with E-state index in [4.69, 9.17) is 35.3 Å². The molecule has 0 radical (unpaired) electrons. The molecule has 10 nitrogen and oxygen atoms in total. The summed E-state index contributed by atoms with van der Waals surface area (Å²) in [5.41, 5.74) is 2.62. The molecule has 3 saturated heterocycles. The highest BCUT2D eigenvalue weighted by Crippen LogP contribution is 2.39. The summed E-state index contributed by atoms with van der Waals surface area (Å²) < 4.78 is 43.5. The normalized spacial score (nSPS) is 29.3. The SMILES string of the molecule is O[C@@H]1CO[C@@H]2[C@H](CCOc3nc4nc(NC5CCc6cc(OCC7CCO7)cc(F)c65)c(Cl)cc4[nH]3)CO[C@@H]21. The van der Waals surface area contributed by atoms with Gasteiger partial charge in [-0.2, -0.15) is 4.98 Å². The maximum absolute atomic E-state index is 15.1. The number of aryl methyl sites for hydroxylation is 1. The summed E-state index contributed by atoms with van der Waals surface area (Å²) in [6.07, 6.45) is 2.30. The molecule has 0 spiro atoms. The number of rotatable bonds is 9. The first-order chi connectivity index (χ1) is 19.0. The van der Waals surface area contributed by atoms with E-state index < -0.39 is 6.10 Å². The highest BCUT2D eigenvalue weighted by molar-refractivity contribution is 6.33. The Morgan fingerprint density at radius 2 is 1.97 bits per heavy atom. The highest BCUT2D eigenvalue weighted by atomic mass is 35.5. The van der Waals surface area contributed by atoms with Crippen LogP contribution in [0.2, 0.25) is 5.02 Å². The number of halogens is 2. The molecule has 3 aromatic rings. The first kappa shape index (κ1) is 25.3. The standard InChI is InChI=1S/C27H30ClFN4O6/c28-17-9-20-26(33-27(31-20)36-5-3-14-10-38-24-21(34)12-39-23(14)24)32-25(17)30-19-2-1-13-7-16(8-18(29)22(13)19)37-11-15-4-6-35-15/h7-9,14-15,19,21,23-24,34H,1-6,10-12H2,(H2,30,31,32,33)/t14-,15?,19?,21-,23-,24-/m1/s1. The average molecular weight is 561 g/mol. The van der Waals surface area contributed by atoms with E-state index in [1.54, 1.807) is 6.07 Å². The highest BCUT2D eigenvalue weighted by Gasteiger charge is 2.46. The molecule has 2 aromatic heterocycles. The third kappa shape index (κ3) is 4.91. The Labute approximate surface area is 229 Å². The van der Waals surface area contributed by atoms with E-state index in [0.29, 0.717) is 78.6 Å². The lowest BCUT2D eigenvalue weighted by Gasteiger charge is -2.26. The number of ether oxygens (including phenoxy) is 5. The molecule has 208 valence electrons. The van der Waals surface area contributed by atoms with E-state index >= 15 is 4.39 Å². The van der Waals surface area contributed by atoms with Crippen molar-refractivity contribution in [2.75, 3.05) is 38.4 Å². The first-order valence-corrected chi connectivity index (χ1v) is 13.8. The summed E-state index contributed by atoms with van der Waals surface area (Å²) in [6, 6.07) is 5.15. The van der Waals surface area contributed by atoms with Crippen LogP contribution in [0.25, 0.3) is 11.2 Å². The van der Waals surface area contributed by atoms with Gasteiger partial charge in [0, 0.05) is 30.6 Å². The Hall–Kier alpha value is -2.70. The molecule has 3 aliphatic heterocycles. The van der Waals surface area contributed by atoms with Crippen LogP contribution < -0.4 is 14.8 Å². The van der Waals surface area contributed by atoms with Gasteiger partial charge in [-0.1, -0.05) is 11.6 Å². The number of nitrogens with zero attached hydrogens (tertiary/aromatic N) is 2. The molecule has 3 N–H and O–H groups in total. The zero-order valence-electron chi connectivity index (χ0n) is 21.2. The zero-order valence-corrected chi connectivity index (χ0v) is 22.0. The van der Waals surface area contributed by atoms with Crippen molar-refractivity contribution < 1.29 is 33.2 Å². The molecule has 2 unspecified atom stereocenters. The molecule has 3 fully saturated rings. The van der Waals surface area contributed by atoms with Gasteiger partial charge in [-0.25, -0.2) is 9.37 Å². The van der Waals surface area contributed by atoms with Crippen LogP contribution >= 0.6 is 11.6 Å². The number of aliphatic hydroxyl groups is 1. The molecule has 5 heterocycles. The van der Waals surface area contributed by atoms with Gasteiger partial charge in [0.2, 0.25) is 0 Å². The number of fused-ring (bicyclic) bond motifs is 3. The first-order valence-electron chi connectivity index (χ1n) is 13.5. The number of imidazole rings is 1. The predicted molar refractivity (Wildman–Crippen MR) is 139 cm³/mol. The van der Waals surface area contributed by atoms with Crippen molar-refractivity contribution in [1.29, 1.82) is 0 Å². The van der Waals surface area contributed by atoms with Crippen molar-refractivity contribution in [3.63, 3.8) is 0 Å². The van der Waals surface area contributed by atoms with Crippen LogP contribution in [0.15, 0.2) is 18.2 Å². The van der Waals surface area contributed by atoms with Crippen molar-refractivity contribution in [2.45, 2.75) is 56.1 Å². The van der Waals surface area contributed by atoms with Crippen molar-refractivity contribution in [1.82, 2.24) is 15.0 Å². The van der Waals surface area contributed by atoms with Gasteiger partial charge < -0.3 is 39.1 Å². The second-order valence-corrected chi connectivity index (χ2v) is 11.0. The van der Waals surface area contributed by atoms with E-state index in [-0.39, 0.29) is 36.1 Å². The molecular weight excluding hydrogens is 531 g/mol. The van der Waals surface area contributed by atoms with Crippen LogP contribution in [0.1, 0.15) is 36.4 Å². The fourth-order valence-electron chi connectivity index (χ4n) is 5.86. The van der Waals surface area contributed by atoms with Crippen molar-refractivity contribution in [3.05, 3.63) is 40.2 Å². The third-order valence-corrected chi connectivity index (χ3v) is 8.33. The maximum atomic E-state index is 15.1. The Balaban J connectivity index is 0.998. The Morgan fingerprint density at radius 3 is 2.82 bits per heavy atom. The van der Waals surface area contributed by atoms with Gasteiger partial charge in [0.1, 0.15) is 36.2 Å². The van der Waals surface area contributed by atoms with Crippen molar-refractivity contribution >= 4 is 28.6 Å². The van der Waals surface area contributed by atoms with E-state index in [9.17, 15) is 5.11 Å². The minimum Gasteiger partial charge on any atom is -0.491 e. The summed E-state index contributed by atoms with van der Waals surface area (Å²) >= 11 is 6.54. The van der Waals surface area contributed by atoms with Crippen LogP contribution in [-0.2, 0) is 20.6 Å². The number of benzene rings is 1. The summed E-state index contributed by atoms with van der Waals surface area (Å²) in [4.78, 5) is 12.1. The smallest absolute Gasteiger partial charge is 0.296 e. The number of aromatic amines is 1. The molecule has 6 atom stereocenters. The average Bonchev–Trinajstić information content (AvgIpc) is 3.65. The van der Waals surface area contributed by atoms with E-state index in [2.05, 4.69) is 20.3 Å². The van der Waals surface area contributed by atoms with Crippen LogP contribution in [0.3, 0.4) is 0 Å². The largest absolute Gasteiger partial charge is 0.491 e. The number of H-pyrrole nitrogens is 1. The van der Waals surface area contributed by atoms with Gasteiger partial charge in [0.15, 0.2) is 5.65 Å². The summed E-state index contributed by atoms with van der Waals surface area (Å²) in [6.45, 7) is 2.45. The Kier molecular flexibility index (Phi) is 6.72. The van der Waals surface area contributed by atoms with E-state index in [1.165, 1.54) is 6.07 Å². The van der Waals surface area contributed by atoms with Gasteiger partial charge in [0.25, 0.3) is 6.01 Å². The lowest BCUT2D eigenvalue weighted by Crippen LogP contribution is -2.32. The Bertz CT molecular complexity index is 1370. The second kappa shape index (κ2) is 10.4.